The highest BCUT2D eigenvalue weighted by molar-refractivity contribution is 5.76. The predicted molar refractivity (Wildman–Crippen MR) is 52.0 cm³/mol. The van der Waals surface area contributed by atoms with Gasteiger partial charge in [-0.2, -0.15) is 0 Å². The summed E-state index contributed by atoms with van der Waals surface area (Å²) in [5.74, 6) is 0.743. The van der Waals surface area contributed by atoms with E-state index in [1.165, 1.54) is 0 Å². The van der Waals surface area contributed by atoms with Crippen LogP contribution >= 0.6 is 0 Å². The van der Waals surface area contributed by atoms with Crippen molar-refractivity contribution in [3.05, 3.63) is 0 Å². The molecule has 0 saturated carbocycles. The summed E-state index contributed by atoms with van der Waals surface area (Å²) in [5.41, 5.74) is 0. The first kappa shape index (κ1) is 11.5. The fraction of sp³-hybridized carbons (Fsp3) is 0.900. The molecular weight excluding hydrogens is 150 g/mol. The van der Waals surface area contributed by atoms with Crippen LogP contribution < -0.4 is 0 Å². The van der Waals surface area contributed by atoms with Crippen LogP contribution in [0.3, 0.4) is 0 Å². The van der Waals surface area contributed by atoms with Crippen molar-refractivity contribution >= 4 is 5.91 Å². The van der Waals surface area contributed by atoms with Gasteiger partial charge in [-0.1, -0.05) is 13.8 Å². The minimum Gasteiger partial charge on any atom is -0.341 e. The van der Waals surface area contributed by atoms with Gasteiger partial charge in [-0.15, -0.1) is 0 Å². The van der Waals surface area contributed by atoms with E-state index in [9.17, 15) is 4.79 Å². The minimum absolute atomic E-state index is 0.280. The number of carbonyl (C=O) groups excluding carboxylic acids is 1. The van der Waals surface area contributed by atoms with Crippen molar-refractivity contribution in [2.45, 2.75) is 47.1 Å². The molecule has 1 amide bonds. The first-order valence-electron chi connectivity index (χ1n) is 4.78. The van der Waals surface area contributed by atoms with Crippen LogP contribution in [0.25, 0.3) is 0 Å². The van der Waals surface area contributed by atoms with Gasteiger partial charge < -0.3 is 4.90 Å². The Labute approximate surface area is 75.9 Å². The monoisotopic (exact) mass is 171 g/mol. The number of amides is 1. The van der Waals surface area contributed by atoms with Gasteiger partial charge in [-0.05, 0) is 26.7 Å². The standard InChI is InChI=1S/C10H21NO/c1-6-11(9(4)5)10(12)7-8(2)3/h8-9H,6-7H2,1-5H3. The van der Waals surface area contributed by atoms with Crippen LogP contribution in [0, 0.1) is 5.92 Å². The third-order valence-electron chi connectivity index (χ3n) is 1.87. The summed E-state index contributed by atoms with van der Waals surface area (Å²) in [5, 5.41) is 0. The van der Waals surface area contributed by atoms with Crippen LogP contribution in [0.15, 0.2) is 0 Å². The smallest absolute Gasteiger partial charge is 0.223 e. The molecule has 12 heavy (non-hydrogen) atoms. The van der Waals surface area contributed by atoms with E-state index in [0.29, 0.717) is 18.4 Å². The minimum atomic E-state index is 0.280. The summed E-state index contributed by atoms with van der Waals surface area (Å²) < 4.78 is 0. The van der Waals surface area contributed by atoms with Crippen LogP contribution in [-0.4, -0.2) is 23.4 Å². The third kappa shape index (κ3) is 3.74. The Hall–Kier alpha value is -0.530. The Balaban J connectivity index is 4.04. The van der Waals surface area contributed by atoms with E-state index in [1.54, 1.807) is 0 Å². The van der Waals surface area contributed by atoms with Crippen LogP contribution in [0.4, 0.5) is 0 Å². The number of hydrogen-bond donors (Lipinski definition) is 0. The largest absolute Gasteiger partial charge is 0.341 e. The molecule has 0 unspecified atom stereocenters. The van der Waals surface area contributed by atoms with Gasteiger partial charge in [-0.3, -0.25) is 4.79 Å². The highest BCUT2D eigenvalue weighted by Gasteiger charge is 2.15. The molecule has 0 N–H and O–H groups in total. The zero-order chi connectivity index (χ0) is 9.72. The maximum Gasteiger partial charge on any atom is 0.223 e. The van der Waals surface area contributed by atoms with Crippen LogP contribution in [0.2, 0.25) is 0 Å². The van der Waals surface area contributed by atoms with Gasteiger partial charge >= 0.3 is 0 Å². The second-order valence-electron chi connectivity index (χ2n) is 3.87. The fourth-order valence-electron chi connectivity index (χ4n) is 1.30. The van der Waals surface area contributed by atoms with E-state index in [1.807, 2.05) is 11.8 Å². The number of rotatable bonds is 4. The van der Waals surface area contributed by atoms with Crippen LogP contribution in [0.5, 0.6) is 0 Å². The molecule has 0 fully saturated rings. The highest BCUT2D eigenvalue weighted by Crippen LogP contribution is 2.06. The van der Waals surface area contributed by atoms with Crippen molar-refractivity contribution in [3.63, 3.8) is 0 Å². The lowest BCUT2D eigenvalue weighted by Gasteiger charge is -2.25. The van der Waals surface area contributed by atoms with Crippen LogP contribution in [0.1, 0.15) is 41.0 Å². The average molecular weight is 171 g/mol. The number of nitrogens with zero attached hydrogens (tertiary/aromatic N) is 1. The predicted octanol–water partition coefficient (Wildman–Crippen LogP) is 2.29. The molecule has 0 saturated heterocycles. The first-order valence-corrected chi connectivity index (χ1v) is 4.78. The second kappa shape index (κ2) is 5.18. The Bertz CT molecular complexity index is 141. The molecule has 0 aliphatic carbocycles. The van der Waals surface area contributed by atoms with Crippen LogP contribution in [-0.2, 0) is 4.79 Å². The van der Waals surface area contributed by atoms with E-state index in [4.69, 9.17) is 0 Å². The zero-order valence-corrected chi connectivity index (χ0v) is 8.92. The molecule has 2 heteroatoms. The number of hydrogen-bond acceptors (Lipinski definition) is 1. The molecule has 0 aliphatic rings. The molecule has 2 nitrogen and oxygen atoms in total. The summed E-state index contributed by atoms with van der Waals surface area (Å²) in [6, 6.07) is 0.334. The molecular formula is C10H21NO. The van der Waals surface area contributed by atoms with E-state index < -0.39 is 0 Å². The Morgan fingerprint density at radius 2 is 1.75 bits per heavy atom. The maximum absolute atomic E-state index is 11.6. The van der Waals surface area contributed by atoms with Gasteiger partial charge in [0.2, 0.25) is 5.91 Å². The second-order valence-corrected chi connectivity index (χ2v) is 3.87. The summed E-state index contributed by atoms with van der Waals surface area (Å²) in [6.45, 7) is 11.1. The number of carbonyl (C=O) groups is 1. The summed E-state index contributed by atoms with van der Waals surface area (Å²) in [6.07, 6.45) is 0.673. The molecule has 0 spiro atoms. The van der Waals surface area contributed by atoms with E-state index in [-0.39, 0.29) is 5.91 Å². The van der Waals surface area contributed by atoms with Crippen molar-refractivity contribution in [1.29, 1.82) is 0 Å². The molecule has 0 aliphatic heterocycles. The molecule has 0 atom stereocenters. The maximum atomic E-state index is 11.6. The summed E-state index contributed by atoms with van der Waals surface area (Å²) in [4.78, 5) is 13.5. The van der Waals surface area contributed by atoms with Crippen molar-refractivity contribution in [3.8, 4) is 0 Å². The summed E-state index contributed by atoms with van der Waals surface area (Å²) >= 11 is 0. The van der Waals surface area contributed by atoms with E-state index >= 15 is 0 Å². The molecule has 0 rings (SSSR count). The van der Waals surface area contributed by atoms with Crippen molar-refractivity contribution in [2.24, 2.45) is 5.92 Å². The lowest BCUT2D eigenvalue weighted by molar-refractivity contribution is -0.133. The van der Waals surface area contributed by atoms with Crippen molar-refractivity contribution in [1.82, 2.24) is 4.90 Å². The van der Waals surface area contributed by atoms with Gasteiger partial charge in [0.1, 0.15) is 0 Å². The van der Waals surface area contributed by atoms with Gasteiger partial charge in [0.05, 0.1) is 0 Å². The van der Waals surface area contributed by atoms with Crippen molar-refractivity contribution < 1.29 is 4.79 Å². The Morgan fingerprint density at radius 1 is 1.25 bits per heavy atom. The lowest BCUT2D eigenvalue weighted by atomic mass is 10.1. The topological polar surface area (TPSA) is 20.3 Å². The molecule has 0 bridgehead atoms. The molecule has 0 radical (unpaired) electrons. The third-order valence-corrected chi connectivity index (χ3v) is 1.87. The normalized spacial score (nSPS) is 10.9. The summed E-state index contributed by atoms with van der Waals surface area (Å²) in [7, 11) is 0. The SMILES string of the molecule is CCN(C(=O)CC(C)C)C(C)C. The first-order chi connectivity index (χ1) is 5.49. The molecule has 0 aromatic carbocycles. The Morgan fingerprint density at radius 3 is 2.00 bits per heavy atom. The molecule has 0 heterocycles. The molecule has 0 aromatic rings. The van der Waals surface area contributed by atoms with Gasteiger partial charge in [-0.25, -0.2) is 0 Å². The van der Waals surface area contributed by atoms with E-state index in [0.717, 1.165) is 6.54 Å². The average Bonchev–Trinajstić information content (AvgIpc) is 1.85. The Kier molecular flexibility index (Phi) is 4.95. The molecule has 72 valence electrons. The van der Waals surface area contributed by atoms with Gasteiger partial charge in [0.25, 0.3) is 0 Å². The lowest BCUT2D eigenvalue weighted by Crippen LogP contribution is -2.37. The highest BCUT2D eigenvalue weighted by atomic mass is 16.2. The van der Waals surface area contributed by atoms with Crippen molar-refractivity contribution in [2.75, 3.05) is 6.54 Å². The zero-order valence-electron chi connectivity index (χ0n) is 8.92. The quantitative estimate of drug-likeness (QED) is 0.635. The van der Waals surface area contributed by atoms with E-state index in [2.05, 4.69) is 27.7 Å². The fourth-order valence-corrected chi connectivity index (χ4v) is 1.30. The van der Waals surface area contributed by atoms with Gasteiger partial charge in [0.15, 0.2) is 0 Å². The molecule has 0 aromatic heterocycles. The van der Waals surface area contributed by atoms with Gasteiger partial charge in [0, 0.05) is 19.0 Å².